The fourth-order valence-corrected chi connectivity index (χ4v) is 3.02. The summed E-state index contributed by atoms with van der Waals surface area (Å²) in [5.74, 6) is 0. The summed E-state index contributed by atoms with van der Waals surface area (Å²) in [6, 6.07) is 11.8. The maximum absolute atomic E-state index is 12.2. The summed E-state index contributed by atoms with van der Waals surface area (Å²) in [7, 11) is -3.72. The lowest BCUT2D eigenvalue weighted by molar-refractivity contribution is 0.601. The molecule has 0 aliphatic carbocycles. The van der Waals surface area contributed by atoms with Gasteiger partial charge >= 0.3 is 0 Å². The van der Waals surface area contributed by atoms with E-state index in [-0.39, 0.29) is 4.90 Å². The summed E-state index contributed by atoms with van der Waals surface area (Å²) in [6.45, 7) is 0. The van der Waals surface area contributed by atoms with E-state index < -0.39 is 10.0 Å². The van der Waals surface area contributed by atoms with Crippen molar-refractivity contribution in [3.05, 3.63) is 60.6 Å². The number of rotatable bonds is 3. The molecule has 2 heterocycles. The zero-order chi connectivity index (χ0) is 15.6. The van der Waals surface area contributed by atoms with Crippen LogP contribution in [0.25, 0.3) is 10.9 Å². The van der Waals surface area contributed by atoms with E-state index in [2.05, 4.69) is 20.8 Å². The molecule has 0 aliphatic heterocycles. The Labute approximate surface area is 127 Å². The first kappa shape index (κ1) is 14.0. The first-order valence-electron chi connectivity index (χ1n) is 6.32. The highest BCUT2D eigenvalue weighted by Crippen LogP contribution is 2.21. The van der Waals surface area contributed by atoms with E-state index >= 15 is 0 Å². The van der Waals surface area contributed by atoms with Gasteiger partial charge < -0.3 is 0 Å². The average molecular weight is 310 g/mol. The maximum Gasteiger partial charge on any atom is 0.263 e. The first-order chi connectivity index (χ1) is 10.6. The molecule has 0 atom stereocenters. The van der Waals surface area contributed by atoms with Crippen LogP contribution in [0.1, 0.15) is 5.56 Å². The summed E-state index contributed by atoms with van der Waals surface area (Å²) in [4.78, 5) is 8.03. The predicted octanol–water partition coefficient (Wildman–Crippen LogP) is 2.30. The van der Waals surface area contributed by atoms with Gasteiger partial charge in [-0.1, -0.05) is 12.1 Å². The van der Waals surface area contributed by atoms with E-state index in [1.165, 1.54) is 24.7 Å². The molecule has 7 heteroatoms. The van der Waals surface area contributed by atoms with Crippen LogP contribution in [0.5, 0.6) is 0 Å². The molecular formula is C15H10N4O2S. The van der Waals surface area contributed by atoms with Crippen LogP contribution in [0.15, 0.2) is 59.9 Å². The third-order valence-corrected chi connectivity index (χ3v) is 4.39. The topological polar surface area (TPSA) is 95.7 Å². The van der Waals surface area contributed by atoms with Gasteiger partial charge in [0.2, 0.25) is 0 Å². The number of hydrogen-bond acceptors (Lipinski definition) is 5. The van der Waals surface area contributed by atoms with E-state index in [9.17, 15) is 8.42 Å². The van der Waals surface area contributed by atoms with Crippen molar-refractivity contribution in [1.82, 2.24) is 9.97 Å². The third-order valence-electron chi connectivity index (χ3n) is 3.03. The average Bonchev–Trinajstić information content (AvgIpc) is 2.54. The molecule has 3 rings (SSSR count). The van der Waals surface area contributed by atoms with Gasteiger partial charge in [-0.15, -0.1) is 0 Å². The zero-order valence-electron chi connectivity index (χ0n) is 11.3. The Morgan fingerprint density at radius 2 is 2.00 bits per heavy atom. The molecule has 0 unspecified atom stereocenters. The van der Waals surface area contributed by atoms with Crippen molar-refractivity contribution in [1.29, 1.82) is 5.26 Å². The Morgan fingerprint density at radius 3 is 2.73 bits per heavy atom. The van der Waals surface area contributed by atoms with E-state index in [0.29, 0.717) is 22.2 Å². The van der Waals surface area contributed by atoms with Gasteiger partial charge in [-0.2, -0.15) is 5.26 Å². The molecule has 0 bridgehead atoms. The van der Waals surface area contributed by atoms with E-state index in [4.69, 9.17) is 5.26 Å². The SMILES string of the molecule is N#Cc1cccc2cc(NS(=O)(=O)c3cccnc3)cnc12. The van der Waals surface area contributed by atoms with Crippen LogP contribution in [0.4, 0.5) is 5.69 Å². The van der Waals surface area contributed by atoms with Crippen molar-refractivity contribution in [2.24, 2.45) is 0 Å². The number of hydrogen-bond donors (Lipinski definition) is 1. The molecular weight excluding hydrogens is 300 g/mol. The number of sulfonamides is 1. The summed E-state index contributed by atoms with van der Waals surface area (Å²) < 4.78 is 26.9. The molecule has 1 aromatic carbocycles. The summed E-state index contributed by atoms with van der Waals surface area (Å²) in [5, 5.41) is 9.72. The van der Waals surface area contributed by atoms with E-state index in [1.54, 1.807) is 30.3 Å². The van der Waals surface area contributed by atoms with Crippen LogP contribution in [0.2, 0.25) is 0 Å². The third kappa shape index (κ3) is 2.60. The minimum absolute atomic E-state index is 0.0703. The van der Waals surface area contributed by atoms with Crippen LogP contribution in [0.3, 0.4) is 0 Å². The van der Waals surface area contributed by atoms with Gasteiger partial charge in [0.15, 0.2) is 0 Å². The Balaban J connectivity index is 2.00. The van der Waals surface area contributed by atoms with Gasteiger partial charge in [0.1, 0.15) is 11.0 Å². The number of pyridine rings is 2. The standard InChI is InChI=1S/C15H10N4O2S/c16-8-12-4-1-3-11-7-13(9-18-15(11)12)19-22(20,21)14-5-2-6-17-10-14/h1-7,9-10,19H. The molecule has 0 radical (unpaired) electrons. The lowest BCUT2D eigenvalue weighted by Crippen LogP contribution is -2.13. The number of nitrogens with zero attached hydrogens (tertiary/aromatic N) is 3. The summed E-state index contributed by atoms with van der Waals surface area (Å²) in [6.07, 6.45) is 4.15. The van der Waals surface area contributed by atoms with Gasteiger partial charge in [-0.25, -0.2) is 8.42 Å². The molecule has 22 heavy (non-hydrogen) atoms. The van der Waals surface area contributed by atoms with Crippen molar-refractivity contribution in [2.45, 2.75) is 4.90 Å². The normalized spacial score (nSPS) is 11.0. The summed E-state index contributed by atoms with van der Waals surface area (Å²) >= 11 is 0. The molecule has 6 nitrogen and oxygen atoms in total. The molecule has 1 N–H and O–H groups in total. The second-order valence-corrected chi connectivity index (χ2v) is 6.19. The van der Waals surface area contributed by atoms with E-state index in [1.807, 2.05) is 0 Å². The second-order valence-electron chi connectivity index (χ2n) is 4.51. The van der Waals surface area contributed by atoms with Gasteiger partial charge in [-0.05, 0) is 24.3 Å². The molecule has 0 amide bonds. The molecule has 3 aromatic rings. The maximum atomic E-state index is 12.2. The van der Waals surface area contributed by atoms with Gasteiger partial charge in [0, 0.05) is 17.8 Å². The van der Waals surface area contributed by atoms with Crippen molar-refractivity contribution in [3.63, 3.8) is 0 Å². The number of anilines is 1. The number of para-hydroxylation sites is 1. The Morgan fingerprint density at radius 1 is 1.14 bits per heavy atom. The number of nitriles is 1. The number of nitrogens with one attached hydrogen (secondary N) is 1. The quantitative estimate of drug-likeness (QED) is 0.800. The van der Waals surface area contributed by atoms with Crippen molar-refractivity contribution in [2.75, 3.05) is 4.72 Å². The number of benzene rings is 1. The number of fused-ring (bicyclic) bond motifs is 1. The Kier molecular flexibility index (Phi) is 3.45. The van der Waals surface area contributed by atoms with Crippen LogP contribution < -0.4 is 4.72 Å². The first-order valence-corrected chi connectivity index (χ1v) is 7.80. The lowest BCUT2D eigenvalue weighted by Gasteiger charge is -2.08. The van der Waals surface area contributed by atoms with Gasteiger partial charge in [0.05, 0.1) is 23.0 Å². The minimum Gasteiger partial charge on any atom is -0.278 e. The van der Waals surface area contributed by atoms with Crippen molar-refractivity contribution < 1.29 is 8.42 Å². The van der Waals surface area contributed by atoms with Crippen molar-refractivity contribution in [3.8, 4) is 6.07 Å². The molecule has 0 saturated carbocycles. The smallest absolute Gasteiger partial charge is 0.263 e. The van der Waals surface area contributed by atoms with Crippen LogP contribution in [-0.4, -0.2) is 18.4 Å². The fraction of sp³-hybridized carbons (Fsp3) is 0. The molecule has 0 aliphatic rings. The van der Waals surface area contributed by atoms with Gasteiger partial charge in [-0.3, -0.25) is 14.7 Å². The zero-order valence-corrected chi connectivity index (χ0v) is 12.1. The molecule has 0 saturated heterocycles. The largest absolute Gasteiger partial charge is 0.278 e. The lowest BCUT2D eigenvalue weighted by atomic mass is 10.1. The highest BCUT2D eigenvalue weighted by Gasteiger charge is 2.14. The van der Waals surface area contributed by atoms with E-state index in [0.717, 1.165) is 0 Å². The molecule has 2 aromatic heterocycles. The van der Waals surface area contributed by atoms with Crippen molar-refractivity contribution >= 4 is 26.6 Å². The van der Waals surface area contributed by atoms with Gasteiger partial charge in [0.25, 0.3) is 10.0 Å². The van der Waals surface area contributed by atoms with Crippen LogP contribution >= 0.6 is 0 Å². The number of aromatic nitrogens is 2. The minimum atomic E-state index is -3.72. The highest BCUT2D eigenvalue weighted by atomic mass is 32.2. The fourth-order valence-electron chi connectivity index (χ4n) is 2.03. The molecule has 0 spiro atoms. The molecule has 0 fully saturated rings. The Hall–Kier alpha value is -2.98. The second kappa shape index (κ2) is 5.42. The predicted molar refractivity (Wildman–Crippen MR) is 81.5 cm³/mol. The summed E-state index contributed by atoms with van der Waals surface area (Å²) in [5.41, 5.74) is 1.31. The van der Waals surface area contributed by atoms with Crippen LogP contribution in [0, 0.1) is 11.3 Å². The Bertz CT molecular complexity index is 979. The monoisotopic (exact) mass is 310 g/mol. The highest BCUT2D eigenvalue weighted by molar-refractivity contribution is 7.92. The molecule has 108 valence electrons. The van der Waals surface area contributed by atoms with Crippen LogP contribution in [-0.2, 0) is 10.0 Å².